The molecule has 0 aliphatic carbocycles. The minimum Gasteiger partial charge on any atom is -0.368 e. The number of morpholine rings is 1. The van der Waals surface area contributed by atoms with E-state index in [2.05, 4.69) is 9.97 Å². The zero-order valence-electron chi connectivity index (χ0n) is 14.8. The number of carbonyl (C=O) groups excluding carboxylic acids is 1. The molecule has 0 bridgehead atoms. The molecule has 1 aliphatic heterocycles. The van der Waals surface area contributed by atoms with Crippen molar-refractivity contribution in [2.24, 2.45) is 0 Å². The number of carbonyl (C=O) groups is 1. The number of thiophene rings is 1. The van der Waals surface area contributed by atoms with Crippen LogP contribution >= 0.6 is 11.3 Å². The number of anilines is 1. The molecule has 3 heterocycles. The van der Waals surface area contributed by atoms with E-state index in [4.69, 9.17) is 4.74 Å². The molecule has 4 rings (SSSR count). The van der Waals surface area contributed by atoms with E-state index in [9.17, 15) is 4.79 Å². The summed E-state index contributed by atoms with van der Waals surface area (Å²) in [5.74, 6) is 0.672. The van der Waals surface area contributed by atoms with Gasteiger partial charge in [-0.1, -0.05) is 0 Å². The lowest BCUT2D eigenvalue weighted by Crippen LogP contribution is -2.42. The van der Waals surface area contributed by atoms with Gasteiger partial charge >= 0.3 is 0 Å². The van der Waals surface area contributed by atoms with E-state index < -0.39 is 0 Å². The number of nitrogens with zero attached hydrogens (tertiary/aromatic N) is 4. The minimum absolute atomic E-state index is 0.0355. The predicted molar refractivity (Wildman–Crippen MR) is 103 cm³/mol. The highest BCUT2D eigenvalue weighted by molar-refractivity contribution is 7.17. The van der Waals surface area contributed by atoms with Gasteiger partial charge in [-0.3, -0.25) is 4.79 Å². The molecule has 1 amide bonds. The van der Waals surface area contributed by atoms with Gasteiger partial charge in [0.2, 0.25) is 5.95 Å². The highest BCUT2D eigenvalue weighted by atomic mass is 32.1. The highest BCUT2D eigenvalue weighted by Gasteiger charge is 2.27. The van der Waals surface area contributed by atoms with E-state index in [0.717, 1.165) is 11.1 Å². The Kier molecular flexibility index (Phi) is 4.57. The third kappa shape index (κ3) is 3.27. The monoisotopic (exact) mass is 368 g/mol. The predicted octanol–water partition coefficient (Wildman–Crippen LogP) is 2.97. The van der Waals surface area contributed by atoms with Gasteiger partial charge in [0.15, 0.2) is 0 Å². The molecule has 3 aromatic rings. The molecular weight excluding hydrogens is 348 g/mol. The molecule has 1 atom stereocenters. The third-order valence-electron chi connectivity index (χ3n) is 4.45. The number of hydrogen-bond acceptors (Lipinski definition) is 6. The number of benzene rings is 1. The maximum absolute atomic E-state index is 13.0. The van der Waals surface area contributed by atoms with Crippen LogP contribution in [0.3, 0.4) is 0 Å². The molecule has 26 heavy (non-hydrogen) atoms. The van der Waals surface area contributed by atoms with Crippen molar-refractivity contribution >= 4 is 33.3 Å². The van der Waals surface area contributed by atoms with Gasteiger partial charge < -0.3 is 14.5 Å². The number of hydrogen-bond donors (Lipinski definition) is 0. The van der Waals surface area contributed by atoms with Gasteiger partial charge in [0.1, 0.15) is 6.10 Å². The van der Waals surface area contributed by atoms with Crippen molar-refractivity contribution in [3.05, 3.63) is 53.2 Å². The molecule has 1 fully saturated rings. The van der Waals surface area contributed by atoms with E-state index in [1.807, 2.05) is 59.6 Å². The molecule has 1 aromatic carbocycles. The maximum atomic E-state index is 13.0. The van der Waals surface area contributed by atoms with Crippen LogP contribution in [0.1, 0.15) is 22.2 Å². The van der Waals surface area contributed by atoms with E-state index in [1.54, 1.807) is 17.5 Å². The number of rotatable bonds is 3. The Hall–Kier alpha value is -2.51. The summed E-state index contributed by atoms with van der Waals surface area (Å²) in [6.07, 6.45) is 1.49. The summed E-state index contributed by atoms with van der Waals surface area (Å²) in [4.78, 5) is 25.4. The van der Waals surface area contributed by atoms with Crippen molar-refractivity contribution in [1.29, 1.82) is 0 Å². The average molecular weight is 368 g/mol. The normalized spacial score (nSPS) is 17.5. The molecular formula is C19H20N4O2S. The molecule has 134 valence electrons. The zero-order chi connectivity index (χ0) is 18.1. The van der Waals surface area contributed by atoms with Crippen molar-refractivity contribution < 1.29 is 9.53 Å². The van der Waals surface area contributed by atoms with Gasteiger partial charge in [-0.25, -0.2) is 9.97 Å². The molecule has 1 aliphatic rings. The summed E-state index contributed by atoms with van der Waals surface area (Å²) in [5, 5.41) is 3.15. The van der Waals surface area contributed by atoms with E-state index in [-0.39, 0.29) is 12.0 Å². The van der Waals surface area contributed by atoms with Crippen LogP contribution in [0.5, 0.6) is 0 Å². The van der Waals surface area contributed by atoms with Crippen LogP contribution in [0.15, 0.2) is 41.9 Å². The van der Waals surface area contributed by atoms with Crippen LogP contribution in [-0.2, 0) is 4.74 Å². The van der Waals surface area contributed by atoms with Crippen LogP contribution in [0, 0.1) is 0 Å². The smallest absolute Gasteiger partial charge is 0.254 e. The molecule has 0 radical (unpaired) electrons. The van der Waals surface area contributed by atoms with Gasteiger partial charge in [0, 0.05) is 37.1 Å². The number of aromatic nitrogens is 2. The average Bonchev–Trinajstić information content (AvgIpc) is 3.15. The zero-order valence-corrected chi connectivity index (χ0v) is 15.6. The summed E-state index contributed by atoms with van der Waals surface area (Å²) in [6.45, 7) is 1.57. The Balaban J connectivity index is 1.54. The van der Waals surface area contributed by atoms with Gasteiger partial charge in [-0.05, 0) is 41.1 Å². The Morgan fingerprint density at radius 2 is 2.19 bits per heavy atom. The van der Waals surface area contributed by atoms with Crippen LogP contribution in [0.2, 0.25) is 0 Å². The van der Waals surface area contributed by atoms with Crippen molar-refractivity contribution in [3.8, 4) is 0 Å². The van der Waals surface area contributed by atoms with E-state index >= 15 is 0 Å². The lowest BCUT2D eigenvalue weighted by molar-refractivity contribution is -0.0247. The highest BCUT2D eigenvalue weighted by Crippen LogP contribution is 2.25. The fourth-order valence-electron chi connectivity index (χ4n) is 3.05. The second-order valence-electron chi connectivity index (χ2n) is 6.46. The quantitative estimate of drug-likeness (QED) is 0.711. The first kappa shape index (κ1) is 16.9. The van der Waals surface area contributed by atoms with Gasteiger partial charge in [-0.2, -0.15) is 0 Å². The Morgan fingerprint density at radius 3 is 3.04 bits per heavy atom. The van der Waals surface area contributed by atoms with Gasteiger partial charge in [0.05, 0.1) is 18.8 Å². The van der Waals surface area contributed by atoms with E-state index in [1.165, 1.54) is 4.70 Å². The van der Waals surface area contributed by atoms with Crippen LogP contribution in [0.4, 0.5) is 5.95 Å². The maximum Gasteiger partial charge on any atom is 0.254 e. The third-order valence-corrected chi connectivity index (χ3v) is 5.35. The first-order valence-corrected chi connectivity index (χ1v) is 9.38. The molecule has 2 aromatic heterocycles. The minimum atomic E-state index is -0.237. The van der Waals surface area contributed by atoms with Gasteiger partial charge in [-0.15, -0.1) is 11.3 Å². The standard InChI is InChI=1S/C19H20N4O2S/c1-22(2)19-20-7-5-15(21-19)16-12-23(8-9-25-16)18(24)14-3-4-17-13(11-14)6-10-26-17/h3-7,10-11,16H,8-9,12H2,1-2H3. The number of amides is 1. The molecule has 0 N–H and O–H groups in total. The Bertz CT molecular complexity index is 940. The topological polar surface area (TPSA) is 58.6 Å². The van der Waals surface area contributed by atoms with Crippen molar-refractivity contribution in [1.82, 2.24) is 14.9 Å². The van der Waals surface area contributed by atoms with Crippen LogP contribution in [0.25, 0.3) is 10.1 Å². The summed E-state index contributed by atoms with van der Waals surface area (Å²) >= 11 is 1.68. The molecule has 7 heteroatoms. The fraction of sp³-hybridized carbons (Fsp3) is 0.316. The summed E-state index contributed by atoms with van der Waals surface area (Å²) in [6, 6.07) is 9.78. The molecule has 6 nitrogen and oxygen atoms in total. The van der Waals surface area contributed by atoms with Crippen LogP contribution in [-0.4, -0.2) is 54.6 Å². The van der Waals surface area contributed by atoms with Crippen LogP contribution < -0.4 is 4.90 Å². The molecule has 1 unspecified atom stereocenters. The summed E-state index contributed by atoms with van der Waals surface area (Å²) < 4.78 is 7.06. The fourth-order valence-corrected chi connectivity index (χ4v) is 3.82. The van der Waals surface area contributed by atoms with Crippen molar-refractivity contribution in [2.45, 2.75) is 6.10 Å². The summed E-state index contributed by atoms with van der Waals surface area (Å²) in [5.41, 5.74) is 1.52. The Morgan fingerprint density at radius 1 is 1.31 bits per heavy atom. The number of fused-ring (bicyclic) bond motifs is 1. The van der Waals surface area contributed by atoms with Crippen molar-refractivity contribution in [3.63, 3.8) is 0 Å². The second-order valence-corrected chi connectivity index (χ2v) is 7.41. The SMILES string of the molecule is CN(C)c1nccc(C2CN(C(=O)c3ccc4sccc4c3)CCO2)n1. The summed E-state index contributed by atoms with van der Waals surface area (Å²) in [7, 11) is 3.80. The van der Waals surface area contributed by atoms with Crippen molar-refractivity contribution in [2.75, 3.05) is 38.7 Å². The number of ether oxygens (including phenoxy) is 1. The lowest BCUT2D eigenvalue weighted by Gasteiger charge is -2.33. The first-order chi connectivity index (χ1) is 12.6. The molecule has 0 spiro atoms. The lowest BCUT2D eigenvalue weighted by atomic mass is 10.1. The van der Waals surface area contributed by atoms with Gasteiger partial charge in [0.25, 0.3) is 5.91 Å². The van der Waals surface area contributed by atoms with E-state index in [0.29, 0.717) is 31.2 Å². The first-order valence-electron chi connectivity index (χ1n) is 8.50. The second kappa shape index (κ2) is 7.01. The Labute approximate surface area is 156 Å². The molecule has 0 saturated carbocycles. The largest absolute Gasteiger partial charge is 0.368 e. The molecule has 1 saturated heterocycles.